The van der Waals surface area contributed by atoms with Gasteiger partial charge in [0.25, 0.3) is 0 Å². The molecule has 0 amide bonds. The highest BCUT2D eigenvalue weighted by Crippen LogP contribution is 2.21. The molecule has 3 aromatic rings. The first-order valence-corrected chi connectivity index (χ1v) is 9.27. The van der Waals surface area contributed by atoms with Gasteiger partial charge in [0.2, 0.25) is 0 Å². The lowest BCUT2D eigenvalue weighted by atomic mass is 10.1. The van der Waals surface area contributed by atoms with E-state index in [4.69, 9.17) is 4.74 Å². The first-order chi connectivity index (χ1) is 12.8. The standard InChI is InChI=1S/C20H25N5O/c1-2-18(23-11-13-26-14-12-23)15-24-10-8-22-20(24)17-3-5-19(6-4-17)25-9-7-21-16-25/h3-10,16,18H,2,11-15H2,1H3/t18-/m0/s1. The SMILES string of the molecule is CC[C@@H](Cn1ccnc1-c1ccc(-n2ccnc2)cc1)N1CCOCC1. The molecule has 136 valence electrons. The summed E-state index contributed by atoms with van der Waals surface area (Å²) in [5.74, 6) is 1.02. The molecule has 1 atom stereocenters. The van der Waals surface area contributed by atoms with Crippen LogP contribution in [0.5, 0.6) is 0 Å². The lowest BCUT2D eigenvalue weighted by Crippen LogP contribution is -2.45. The molecule has 1 aromatic carbocycles. The Hall–Kier alpha value is -2.44. The quantitative estimate of drug-likeness (QED) is 0.685. The van der Waals surface area contributed by atoms with Gasteiger partial charge in [-0.1, -0.05) is 6.92 Å². The summed E-state index contributed by atoms with van der Waals surface area (Å²) in [6, 6.07) is 8.98. The van der Waals surface area contributed by atoms with E-state index in [0.717, 1.165) is 56.3 Å². The van der Waals surface area contributed by atoms with Gasteiger partial charge in [0.1, 0.15) is 5.82 Å². The molecule has 0 saturated carbocycles. The van der Waals surface area contributed by atoms with Gasteiger partial charge in [0.15, 0.2) is 0 Å². The van der Waals surface area contributed by atoms with E-state index < -0.39 is 0 Å². The fourth-order valence-corrected chi connectivity index (χ4v) is 3.58. The zero-order valence-corrected chi connectivity index (χ0v) is 15.2. The van der Waals surface area contributed by atoms with E-state index >= 15 is 0 Å². The summed E-state index contributed by atoms with van der Waals surface area (Å²) in [6.07, 6.45) is 10.6. The first-order valence-electron chi connectivity index (χ1n) is 9.27. The normalized spacial score (nSPS) is 16.7. The minimum atomic E-state index is 0.511. The van der Waals surface area contributed by atoms with Crippen molar-refractivity contribution in [3.05, 3.63) is 55.4 Å². The second-order valence-electron chi connectivity index (χ2n) is 6.63. The van der Waals surface area contributed by atoms with Crippen LogP contribution in [0.15, 0.2) is 55.4 Å². The van der Waals surface area contributed by atoms with Crippen LogP contribution in [-0.4, -0.2) is 56.3 Å². The van der Waals surface area contributed by atoms with E-state index in [9.17, 15) is 0 Å². The minimum absolute atomic E-state index is 0.511. The largest absolute Gasteiger partial charge is 0.379 e. The van der Waals surface area contributed by atoms with Crippen LogP contribution in [0.4, 0.5) is 0 Å². The second-order valence-corrected chi connectivity index (χ2v) is 6.63. The monoisotopic (exact) mass is 351 g/mol. The number of morpholine rings is 1. The summed E-state index contributed by atoms with van der Waals surface area (Å²) in [5, 5.41) is 0. The smallest absolute Gasteiger partial charge is 0.139 e. The second kappa shape index (κ2) is 7.85. The third-order valence-corrected chi connectivity index (χ3v) is 5.08. The maximum Gasteiger partial charge on any atom is 0.139 e. The van der Waals surface area contributed by atoms with Gasteiger partial charge in [0, 0.05) is 61.7 Å². The Morgan fingerprint density at radius 1 is 1.08 bits per heavy atom. The number of rotatable bonds is 6. The van der Waals surface area contributed by atoms with Crippen molar-refractivity contribution >= 4 is 0 Å². The van der Waals surface area contributed by atoms with Crippen LogP contribution in [-0.2, 0) is 11.3 Å². The zero-order chi connectivity index (χ0) is 17.8. The predicted octanol–water partition coefficient (Wildman–Crippen LogP) is 2.85. The van der Waals surface area contributed by atoms with Crippen LogP contribution in [0, 0.1) is 0 Å². The molecule has 2 aromatic heterocycles. The third-order valence-electron chi connectivity index (χ3n) is 5.08. The highest BCUT2D eigenvalue weighted by Gasteiger charge is 2.21. The highest BCUT2D eigenvalue weighted by atomic mass is 16.5. The maximum absolute atomic E-state index is 5.50. The Balaban J connectivity index is 1.52. The van der Waals surface area contributed by atoms with Gasteiger partial charge < -0.3 is 13.9 Å². The molecule has 6 nitrogen and oxygen atoms in total. The molecule has 0 spiro atoms. The molecule has 0 unspecified atom stereocenters. The topological polar surface area (TPSA) is 48.1 Å². The molecule has 0 bridgehead atoms. The lowest BCUT2D eigenvalue weighted by molar-refractivity contribution is 0.0122. The Morgan fingerprint density at radius 3 is 2.58 bits per heavy atom. The molecule has 0 radical (unpaired) electrons. The van der Waals surface area contributed by atoms with Crippen LogP contribution < -0.4 is 0 Å². The molecule has 1 fully saturated rings. The first kappa shape index (κ1) is 17.0. The Kier molecular flexibility index (Phi) is 5.13. The van der Waals surface area contributed by atoms with E-state index in [0.29, 0.717) is 6.04 Å². The minimum Gasteiger partial charge on any atom is -0.379 e. The number of hydrogen-bond donors (Lipinski definition) is 0. The number of aromatic nitrogens is 4. The summed E-state index contributed by atoms with van der Waals surface area (Å²) >= 11 is 0. The van der Waals surface area contributed by atoms with Gasteiger partial charge in [-0.15, -0.1) is 0 Å². The summed E-state index contributed by atoms with van der Waals surface area (Å²) in [7, 11) is 0. The molecular formula is C20H25N5O. The van der Waals surface area contributed by atoms with Crippen LogP contribution in [0.1, 0.15) is 13.3 Å². The molecule has 1 aliphatic heterocycles. The van der Waals surface area contributed by atoms with Crippen LogP contribution in [0.3, 0.4) is 0 Å². The van der Waals surface area contributed by atoms with Crippen LogP contribution in [0.2, 0.25) is 0 Å². The molecule has 6 heteroatoms. The van der Waals surface area contributed by atoms with Crippen LogP contribution in [0.25, 0.3) is 17.1 Å². The number of nitrogens with zero attached hydrogens (tertiary/aromatic N) is 5. The molecule has 0 N–H and O–H groups in total. The van der Waals surface area contributed by atoms with Gasteiger partial charge in [0.05, 0.1) is 19.5 Å². The maximum atomic E-state index is 5.50. The van der Waals surface area contributed by atoms with Crippen molar-refractivity contribution in [2.75, 3.05) is 26.3 Å². The molecule has 4 rings (SSSR count). The Morgan fingerprint density at radius 2 is 1.88 bits per heavy atom. The van der Waals surface area contributed by atoms with Crippen LogP contribution >= 0.6 is 0 Å². The highest BCUT2D eigenvalue weighted by molar-refractivity contribution is 5.57. The van der Waals surface area contributed by atoms with Crippen molar-refractivity contribution in [2.45, 2.75) is 25.9 Å². The fourth-order valence-electron chi connectivity index (χ4n) is 3.58. The number of hydrogen-bond acceptors (Lipinski definition) is 4. The number of imidazole rings is 2. The van der Waals surface area contributed by atoms with E-state index in [2.05, 4.69) is 56.8 Å². The van der Waals surface area contributed by atoms with E-state index in [1.54, 1.807) is 6.20 Å². The van der Waals surface area contributed by atoms with Crippen molar-refractivity contribution < 1.29 is 4.74 Å². The summed E-state index contributed by atoms with van der Waals surface area (Å²) in [5.41, 5.74) is 2.24. The zero-order valence-electron chi connectivity index (χ0n) is 15.2. The summed E-state index contributed by atoms with van der Waals surface area (Å²) < 4.78 is 9.77. The van der Waals surface area contributed by atoms with Gasteiger partial charge in [-0.2, -0.15) is 0 Å². The number of ether oxygens (including phenoxy) is 1. The third kappa shape index (κ3) is 3.57. The van der Waals surface area contributed by atoms with Crippen molar-refractivity contribution in [2.24, 2.45) is 0 Å². The molecule has 1 aliphatic rings. The van der Waals surface area contributed by atoms with Gasteiger partial charge in [-0.05, 0) is 30.7 Å². The van der Waals surface area contributed by atoms with Gasteiger partial charge >= 0.3 is 0 Å². The van der Waals surface area contributed by atoms with Crippen molar-refractivity contribution in [1.29, 1.82) is 0 Å². The molecular weight excluding hydrogens is 326 g/mol. The van der Waals surface area contributed by atoms with Crippen molar-refractivity contribution in [3.8, 4) is 17.1 Å². The van der Waals surface area contributed by atoms with Gasteiger partial charge in [-0.3, -0.25) is 4.90 Å². The van der Waals surface area contributed by atoms with Crippen molar-refractivity contribution in [3.63, 3.8) is 0 Å². The average molecular weight is 351 g/mol. The van der Waals surface area contributed by atoms with Gasteiger partial charge in [-0.25, -0.2) is 9.97 Å². The van der Waals surface area contributed by atoms with E-state index in [1.165, 1.54) is 0 Å². The van der Waals surface area contributed by atoms with Crippen molar-refractivity contribution in [1.82, 2.24) is 24.0 Å². The molecule has 0 aliphatic carbocycles. The predicted molar refractivity (Wildman–Crippen MR) is 101 cm³/mol. The number of benzene rings is 1. The Labute approximate surface area is 154 Å². The van der Waals surface area contributed by atoms with E-state index in [1.807, 2.05) is 23.3 Å². The summed E-state index contributed by atoms with van der Waals surface area (Å²) in [4.78, 5) is 11.3. The summed E-state index contributed by atoms with van der Waals surface area (Å²) in [6.45, 7) is 6.92. The molecule has 3 heterocycles. The average Bonchev–Trinajstić information content (AvgIpc) is 3.39. The molecule has 1 saturated heterocycles. The molecule has 26 heavy (non-hydrogen) atoms. The fraction of sp³-hybridized carbons (Fsp3) is 0.400. The van der Waals surface area contributed by atoms with E-state index in [-0.39, 0.29) is 0 Å². The Bertz CT molecular complexity index is 803. The lowest BCUT2D eigenvalue weighted by Gasteiger charge is -2.34.